The van der Waals surface area contributed by atoms with Crippen molar-refractivity contribution in [3.05, 3.63) is 0 Å². The number of hydrogen-bond acceptors (Lipinski definition) is 3. The van der Waals surface area contributed by atoms with Gasteiger partial charge in [-0.2, -0.15) is 0 Å². The van der Waals surface area contributed by atoms with Crippen molar-refractivity contribution in [2.24, 2.45) is 4.99 Å². The fourth-order valence-electron chi connectivity index (χ4n) is 0.522. The van der Waals surface area contributed by atoms with Crippen LogP contribution in [0.5, 0.6) is 0 Å². The van der Waals surface area contributed by atoms with Gasteiger partial charge in [0.15, 0.2) is 0 Å². The standard InChI is InChI=1S/C6H11NO2.C2H4O2/c1-3-5(6(8)9)7-4-2;1-2(3)4/h3-4H2,1-2H3,(H,8,9);1H3,(H,3,4). The number of carboxylic acid groups (broad SMARTS) is 2. The Morgan fingerprint density at radius 2 is 1.62 bits per heavy atom. The van der Waals surface area contributed by atoms with Crippen LogP contribution in [0.1, 0.15) is 27.2 Å². The molecule has 0 rings (SSSR count). The van der Waals surface area contributed by atoms with Gasteiger partial charge in [-0.3, -0.25) is 9.79 Å². The van der Waals surface area contributed by atoms with Gasteiger partial charge >= 0.3 is 5.97 Å². The van der Waals surface area contributed by atoms with Crippen molar-refractivity contribution < 1.29 is 19.8 Å². The molecule has 2 N–H and O–H groups in total. The smallest absolute Gasteiger partial charge is 0.349 e. The van der Waals surface area contributed by atoms with Crippen LogP contribution in [0.2, 0.25) is 0 Å². The van der Waals surface area contributed by atoms with Gasteiger partial charge in [0.05, 0.1) is 0 Å². The van der Waals surface area contributed by atoms with E-state index in [2.05, 4.69) is 4.99 Å². The highest BCUT2D eigenvalue weighted by atomic mass is 16.4. The molecule has 0 aromatic carbocycles. The monoisotopic (exact) mass is 189 g/mol. The summed E-state index contributed by atoms with van der Waals surface area (Å²) in [6, 6.07) is 0. The number of hydrogen-bond donors (Lipinski definition) is 2. The molecule has 0 aliphatic rings. The number of carbonyl (C=O) groups is 2. The highest BCUT2D eigenvalue weighted by Crippen LogP contribution is 1.85. The lowest BCUT2D eigenvalue weighted by Gasteiger charge is -1.92. The number of nitrogens with zero attached hydrogens (tertiary/aromatic N) is 1. The van der Waals surface area contributed by atoms with E-state index in [9.17, 15) is 4.79 Å². The fourth-order valence-corrected chi connectivity index (χ4v) is 0.522. The van der Waals surface area contributed by atoms with Gasteiger partial charge in [0, 0.05) is 13.5 Å². The summed E-state index contributed by atoms with van der Waals surface area (Å²) >= 11 is 0. The minimum Gasteiger partial charge on any atom is -0.481 e. The molecule has 5 heteroatoms. The van der Waals surface area contributed by atoms with Crippen molar-refractivity contribution in [3.63, 3.8) is 0 Å². The summed E-state index contributed by atoms with van der Waals surface area (Å²) in [5.74, 6) is -1.74. The molecule has 76 valence electrons. The Labute approximate surface area is 77.1 Å². The zero-order chi connectivity index (χ0) is 10.9. The summed E-state index contributed by atoms with van der Waals surface area (Å²) in [4.78, 5) is 22.9. The van der Waals surface area contributed by atoms with E-state index in [1.165, 1.54) is 0 Å². The normalized spacial score (nSPS) is 9.92. The molecule has 0 radical (unpaired) electrons. The summed E-state index contributed by atoms with van der Waals surface area (Å²) in [6.07, 6.45) is 0.503. The number of aliphatic carboxylic acids is 2. The van der Waals surface area contributed by atoms with Crippen LogP contribution in [-0.4, -0.2) is 34.4 Å². The number of carboxylic acids is 2. The molecule has 0 unspecified atom stereocenters. The fraction of sp³-hybridized carbons (Fsp3) is 0.625. The average Bonchev–Trinajstić information content (AvgIpc) is 1.98. The molecule has 0 aromatic rings. The van der Waals surface area contributed by atoms with Crippen LogP contribution in [-0.2, 0) is 9.59 Å². The Hall–Kier alpha value is -1.39. The van der Waals surface area contributed by atoms with E-state index in [0.717, 1.165) is 6.92 Å². The first-order chi connectivity index (χ1) is 5.95. The van der Waals surface area contributed by atoms with E-state index >= 15 is 0 Å². The van der Waals surface area contributed by atoms with Crippen LogP contribution >= 0.6 is 0 Å². The van der Waals surface area contributed by atoms with Crippen LogP contribution in [0.25, 0.3) is 0 Å². The lowest BCUT2D eigenvalue weighted by atomic mass is 10.3. The lowest BCUT2D eigenvalue weighted by Crippen LogP contribution is -2.11. The minimum absolute atomic E-state index is 0.262. The van der Waals surface area contributed by atoms with Crippen molar-refractivity contribution in [1.29, 1.82) is 0 Å². The van der Waals surface area contributed by atoms with Crippen LogP contribution in [0.4, 0.5) is 0 Å². The molecule has 0 fully saturated rings. The second kappa shape index (κ2) is 8.70. The first kappa shape index (κ1) is 14.2. The van der Waals surface area contributed by atoms with E-state index < -0.39 is 11.9 Å². The van der Waals surface area contributed by atoms with Gasteiger partial charge in [-0.1, -0.05) is 6.92 Å². The summed E-state index contributed by atoms with van der Waals surface area (Å²) in [7, 11) is 0. The highest BCUT2D eigenvalue weighted by molar-refractivity contribution is 6.35. The molecule has 0 aromatic heterocycles. The van der Waals surface area contributed by atoms with Gasteiger partial charge in [0.2, 0.25) is 0 Å². The predicted molar refractivity (Wildman–Crippen MR) is 49.2 cm³/mol. The van der Waals surface area contributed by atoms with Crippen molar-refractivity contribution in [2.45, 2.75) is 27.2 Å². The summed E-state index contributed by atoms with van der Waals surface area (Å²) < 4.78 is 0. The average molecular weight is 189 g/mol. The van der Waals surface area contributed by atoms with E-state index in [4.69, 9.17) is 15.0 Å². The molecule has 0 aliphatic heterocycles. The van der Waals surface area contributed by atoms with Crippen LogP contribution in [0, 0.1) is 0 Å². The van der Waals surface area contributed by atoms with Gasteiger partial charge in [-0.05, 0) is 13.3 Å². The van der Waals surface area contributed by atoms with Gasteiger partial charge in [-0.25, -0.2) is 4.79 Å². The Kier molecular flexibility index (Phi) is 9.48. The van der Waals surface area contributed by atoms with Gasteiger partial charge in [0.1, 0.15) is 5.71 Å². The predicted octanol–water partition coefficient (Wildman–Crippen LogP) is 1.03. The molecule has 0 heterocycles. The molecule has 0 saturated carbocycles. The minimum atomic E-state index is -0.903. The Balaban J connectivity index is 0. The second-order valence-electron chi connectivity index (χ2n) is 2.10. The summed E-state index contributed by atoms with van der Waals surface area (Å²) in [6.45, 7) is 5.23. The molecule has 13 heavy (non-hydrogen) atoms. The zero-order valence-corrected chi connectivity index (χ0v) is 8.07. The summed E-state index contributed by atoms with van der Waals surface area (Å²) in [5, 5.41) is 15.8. The summed E-state index contributed by atoms with van der Waals surface area (Å²) in [5.41, 5.74) is 0.262. The SMILES string of the molecule is CC(=O)O.CCN=C(CC)C(=O)O. The van der Waals surface area contributed by atoms with Crippen LogP contribution < -0.4 is 0 Å². The highest BCUT2D eigenvalue weighted by Gasteiger charge is 2.03. The van der Waals surface area contributed by atoms with Crippen molar-refractivity contribution in [1.82, 2.24) is 0 Å². The largest absolute Gasteiger partial charge is 0.481 e. The lowest BCUT2D eigenvalue weighted by molar-refractivity contribution is -0.134. The quantitative estimate of drug-likeness (QED) is 0.649. The molecule has 0 bridgehead atoms. The molecule has 0 spiro atoms. The molecular formula is C8H15NO4. The molecule has 0 aliphatic carbocycles. The maximum absolute atomic E-state index is 10.2. The Bertz CT molecular complexity index is 194. The second-order valence-corrected chi connectivity index (χ2v) is 2.10. The van der Waals surface area contributed by atoms with Crippen LogP contribution in [0.3, 0.4) is 0 Å². The Morgan fingerprint density at radius 3 is 1.69 bits per heavy atom. The van der Waals surface area contributed by atoms with E-state index in [-0.39, 0.29) is 5.71 Å². The number of rotatable bonds is 3. The third-order valence-corrected chi connectivity index (χ3v) is 0.931. The molecule has 0 atom stereocenters. The topological polar surface area (TPSA) is 87.0 Å². The first-order valence-electron chi connectivity index (χ1n) is 3.91. The van der Waals surface area contributed by atoms with E-state index in [0.29, 0.717) is 13.0 Å². The van der Waals surface area contributed by atoms with Gasteiger partial charge in [0.25, 0.3) is 5.97 Å². The molecule has 5 nitrogen and oxygen atoms in total. The third kappa shape index (κ3) is 13.6. The zero-order valence-electron chi connectivity index (χ0n) is 8.07. The van der Waals surface area contributed by atoms with Gasteiger partial charge < -0.3 is 10.2 Å². The molecule has 0 saturated heterocycles. The van der Waals surface area contributed by atoms with E-state index in [1.807, 2.05) is 6.92 Å². The van der Waals surface area contributed by atoms with Crippen molar-refractivity contribution in [2.75, 3.05) is 6.54 Å². The Morgan fingerprint density at radius 1 is 1.23 bits per heavy atom. The van der Waals surface area contributed by atoms with Crippen molar-refractivity contribution in [3.8, 4) is 0 Å². The number of aliphatic imine (C=N–C) groups is 1. The molecule has 0 amide bonds. The van der Waals surface area contributed by atoms with Crippen molar-refractivity contribution >= 4 is 17.7 Å². The maximum atomic E-state index is 10.2. The first-order valence-corrected chi connectivity index (χ1v) is 3.91. The van der Waals surface area contributed by atoms with Gasteiger partial charge in [-0.15, -0.1) is 0 Å². The third-order valence-electron chi connectivity index (χ3n) is 0.931. The van der Waals surface area contributed by atoms with E-state index in [1.54, 1.807) is 6.92 Å². The van der Waals surface area contributed by atoms with Crippen LogP contribution in [0.15, 0.2) is 4.99 Å². The molecular weight excluding hydrogens is 174 g/mol. The maximum Gasteiger partial charge on any atom is 0.349 e.